The average molecular weight is 314 g/mol. The third-order valence-electron chi connectivity index (χ3n) is 3.71. The molecule has 0 aliphatic carbocycles. The molecule has 1 atom stereocenters. The summed E-state index contributed by atoms with van der Waals surface area (Å²) in [5.74, 6) is 0. The lowest BCUT2D eigenvalue weighted by molar-refractivity contribution is 0.492. The number of hydrogen-bond donors (Lipinski definition) is 3. The van der Waals surface area contributed by atoms with Crippen LogP contribution in [-0.2, 0) is 0 Å². The maximum absolute atomic E-state index is 12.3. The van der Waals surface area contributed by atoms with E-state index in [1.54, 1.807) is 6.20 Å². The topological polar surface area (TPSA) is 81.1 Å². The van der Waals surface area contributed by atoms with E-state index in [4.69, 9.17) is 10.4 Å². The SMILES string of the molecule is CCCC1CC=c2c(cc(/C(C=N)=C/NC(C)(C)C)[nH]c2=O)=N1. The molecule has 0 amide bonds. The highest BCUT2D eigenvalue weighted by atomic mass is 16.1. The lowest BCUT2D eigenvalue weighted by atomic mass is 10.0. The monoisotopic (exact) mass is 314 g/mol. The van der Waals surface area contributed by atoms with Crippen molar-refractivity contribution >= 4 is 17.9 Å². The van der Waals surface area contributed by atoms with Crippen molar-refractivity contribution < 1.29 is 0 Å². The van der Waals surface area contributed by atoms with Crippen molar-refractivity contribution in [1.29, 1.82) is 5.41 Å². The summed E-state index contributed by atoms with van der Waals surface area (Å²) in [6, 6.07) is 2.12. The highest BCUT2D eigenvalue weighted by Crippen LogP contribution is 2.10. The van der Waals surface area contributed by atoms with Gasteiger partial charge in [0.15, 0.2) is 0 Å². The number of fused-ring (bicyclic) bond motifs is 1. The van der Waals surface area contributed by atoms with Gasteiger partial charge < -0.3 is 15.7 Å². The Bertz CT molecular complexity index is 781. The van der Waals surface area contributed by atoms with E-state index in [1.807, 2.05) is 32.9 Å². The lowest BCUT2D eigenvalue weighted by Gasteiger charge is -2.19. The molecule has 0 radical (unpaired) electrons. The quantitative estimate of drug-likeness (QED) is 0.723. The molecule has 0 bridgehead atoms. The first-order valence-electron chi connectivity index (χ1n) is 8.14. The fourth-order valence-electron chi connectivity index (χ4n) is 2.53. The standard InChI is InChI=1S/C18H26N4O/c1-5-6-13-7-8-14-16(21-13)9-15(22-17(14)23)12(10-19)11-20-18(2,3)4/h8-11,13,19-20H,5-7H2,1-4H3,(H,22,23)/b12-11+,19-10?. The predicted molar refractivity (Wildman–Crippen MR) is 95.3 cm³/mol. The maximum Gasteiger partial charge on any atom is 0.257 e. The maximum atomic E-state index is 12.3. The molecule has 1 aromatic rings. The molecule has 2 heterocycles. The number of allylic oxidation sites excluding steroid dienone is 1. The molecule has 5 nitrogen and oxygen atoms in total. The van der Waals surface area contributed by atoms with Gasteiger partial charge in [0.25, 0.3) is 5.56 Å². The number of nitrogens with one attached hydrogen (secondary N) is 3. The van der Waals surface area contributed by atoms with E-state index in [2.05, 4.69) is 17.2 Å². The van der Waals surface area contributed by atoms with E-state index >= 15 is 0 Å². The summed E-state index contributed by atoms with van der Waals surface area (Å²) in [5.41, 5.74) is 1.01. The molecule has 2 rings (SSSR count). The lowest BCUT2D eigenvalue weighted by Crippen LogP contribution is -2.44. The van der Waals surface area contributed by atoms with Crippen LogP contribution in [0.15, 0.2) is 22.1 Å². The summed E-state index contributed by atoms with van der Waals surface area (Å²) < 4.78 is 0. The zero-order valence-electron chi connectivity index (χ0n) is 14.4. The van der Waals surface area contributed by atoms with Crippen LogP contribution in [0.1, 0.15) is 52.7 Å². The van der Waals surface area contributed by atoms with Gasteiger partial charge >= 0.3 is 0 Å². The van der Waals surface area contributed by atoms with Gasteiger partial charge in [-0.1, -0.05) is 19.4 Å². The van der Waals surface area contributed by atoms with Crippen LogP contribution in [0.4, 0.5) is 0 Å². The van der Waals surface area contributed by atoms with E-state index in [1.165, 1.54) is 6.21 Å². The van der Waals surface area contributed by atoms with Gasteiger partial charge in [0.05, 0.1) is 22.3 Å². The predicted octanol–water partition coefficient (Wildman–Crippen LogP) is 1.73. The zero-order valence-corrected chi connectivity index (χ0v) is 14.4. The Kier molecular flexibility index (Phi) is 5.19. The average Bonchev–Trinajstić information content (AvgIpc) is 2.47. The number of H-pyrrole nitrogens is 1. The highest BCUT2D eigenvalue weighted by molar-refractivity contribution is 6.07. The fourth-order valence-corrected chi connectivity index (χ4v) is 2.53. The molecule has 3 N–H and O–H groups in total. The van der Waals surface area contributed by atoms with E-state index in [9.17, 15) is 4.79 Å². The second-order valence-corrected chi connectivity index (χ2v) is 6.96. The molecule has 1 aromatic heterocycles. The zero-order chi connectivity index (χ0) is 17.0. The number of hydrogen-bond acceptors (Lipinski definition) is 4. The molecule has 0 aromatic carbocycles. The van der Waals surface area contributed by atoms with Gasteiger partial charge in [-0.2, -0.15) is 0 Å². The van der Waals surface area contributed by atoms with Crippen molar-refractivity contribution in [2.75, 3.05) is 0 Å². The largest absolute Gasteiger partial charge is 0.386 e. The van der Waals surface area contributed by atoms with Crippen LogP contribution in [0.3, 0.4) is 0 Å². The van der Waals surface area contributed by atoms with Crippen LogP contribution < -0.4 is 21.5 Å². The molecule has 1 unspecified atom stereocenters. The van der Waals surface area contributed by atoms with Crippen molar-refractivity contribution in [3.63, 3.8) is 0 Å². The van der Waals surface area contributed by atoms with Crippen molar-refractivity contribution in [2.45, 2.75) is 58.5 Å². The van der Waals surface area contributed by atoms with Crippen LogP contribution in [0.5, 0.6) is 0 Å². The summed E-state index contributed by atoms with van der Waals surface area (Å²) in [4.78, 5) is 19.9. The molecule has 0 saturated carbocycles. The molecule has 124 valence electrons. The number of pyridine rings is 1. The van der Waals surface area contributed by atoms with E-state index in [0.717, 1.165) is 24.6 Å². The van der Waals surface area contributed by atoms with E-state index in [0.29, 0.717) is 16.5 Å². The first-order chi connectivity index (χ1) is 10.8. The minimum atomic E-state index is -0.139. The van der Waals surface area contributed by atoms with Crippen LogP contribution >= 0.6 is 0 Å². The summed E-state index contributed by atoms with van der Waals surface area (Å²) in [6.45, 7) is 8.27. The Hall–Kier alpha value is -2.17. The Morgan fingerprint density at radius 1 is 1.52 bits per heavy atom. The fraction of sp³-hybridized carbons (Fsp3) is 0.500. The third kappa shape index (κ3) is 4.41. The normalized spacial score (nSPS) is 17.7. The molecule has 1 aliphatic rings. The first kappa shape index (κ1) is 17.2. The van der Waals surface area contributed by atoms with Crippen molar-refractivity contribution in [3.8, 4) is 0 Å². The number of nitrogens with zero attached hydrogens (tertiary/aromatic N) is 1. The van der Waals surface area contributed by atoms with Crippen molar-refractivity contribution in [2.24, 2.45) is 4.99 Å². The smallest absolute Gasteiger partial charge is 0.257 e. The van der Waals surface area contributed by atoms with Crippen LogP contribution in [0, 0.1) is 5.41 Å². The minimum Gasteiger partial charge on any atom is -0.386 e. The summed E-state index contributed by atoms with van der Waals surface area (Å²) in [7, 11) is 0. The Balaban J connectivity index is 2.48. The van der Waals surface area contributed by atoms with Crippen LogP contribution in [0.25, 0.3) is 11.6 Å². The van der Waals surface area contributed by atoms with Crippen LogP contribution in [-0.4, -0.2) is 22.8 Å². The first-order valence-corrected chi connectivity index (χ1v) is 8.14. The second kappa shape index (κ2) is 6.94. The van der Waals surface area contributed by atoms with Crippen molar-refractivity contribution in [1.82, 2.24) is 10.3 Å². The number of rotatable bonds is 5. The van der Waals surface area contributed by atoms with Gasteiger partial charge in [-0.3, -0.25) is 9.79 Å². The van der Waals surface area contributed by atoms with Gasteiger partial charge in [-0.25, -0.2) is 0 Å². The summed E-state index contributed by atoms with van der Waals surface area (Å²) in [5, 5.41) is 12.2. The molecular formula is C18H26N4O. The van der Waals surface area contributed by atoms with Gasteiger partial charge in [0.1, 0.15) is 0 Å². The van der Waals surface area contributed by atoms with E-state index in [-0.39, 0.29) is 17.1 Å². The van der Waals surface area contributed by atoms with Gasteiger partial charge in [0, 0.05) is 23.5 Å². The number of aromatic amines is 1. The molecule has 23 heavy (non-hydrogen) atoms. The van der Waals surface area contributed by atoms with Gasteiger partial charge in [-0.15, -0.1) is 0 Å². The summed E-state index contributed by atoms with van der Waals surface area (Å²) >= 11 is 0. The van der Waals surface area contributed by atoms with Gasteiger partial charge in [-0.05, 0) is 39.7 Å². The Morgan fingerprint density at radius 3 is 2.87 bits per heavy atom. The molecule has 1 aliphatic heterocycles. The Morgan fingerprint density at radius 2 is 2.26 bits per heavy atom. The van der Waals surface area contributed by atoms with Crippen LogP contribution in [0.2, 0.25) is 0 Å². The highest BCUT2D eigenvalue weighted by Gasteiger charge is 2.12. The molecule has 0 fully saturated rings. The minimum absolute atomic E-state index is 0.104. The number of aromatic nitrogens is 1. The molecule has 5 heteroatoms. The second-order valence-electron chi connectivity index (χ2n) is 6.96. The van der Waals surface area contributed by atoms with Crippen molar-refractivity contribution in [3.05, 3.63) is 38.9 Å². The van der Waals surface area contributed by atoms with E-state index < -0.39 is 0 Å². The molecule has 0 saturated heterocycles. The van der Waals surface area contributed by atoms with Gasteiger partial charge in [0.2, 0.25) is 0 Å². The molecule has 0 spiro atoms. The molecular weight excluding hydrogens is 288 g/mol. The Labute approximate surface area is 136 Å². The third-order valence-corrected chi connectivity index (χ3v) is 3.71. The summed E-state index contributed by atoms with van der Waals surface area (Å²) in [6.07, 6.45) is 7.91.